The van der Waals surface area contributed by atoms with Crippen LogP contribution in [0.3, 0.4) is 0 Å². The summed E-state index contributed by atoms with van der Waals surface area (Å²) >= 11 is 17.5. The van der Waals surface area contributed by atoms with Crippen molar-refractivity contribution in [1.82, 2.24) is 5.32 Å². The zero-order chi connectivity index (χ0) is 14.3. The largest absolute Gasteiger partial charge is 0.482 e. The number of unbranched alkanes of at least 4 members (excludes halogenated alkanes) is 1. The number of rotatable bonds is 7. The molecular formula is C12H15Cl3N2O2. The van der Waals surface area contributed by atoms with Crippen LogP contribution in [0.2, 0.25) is 15.1 Å². The van der Waals surface area contributed by atoms with Gasteiger partial charge in [-0.1, -0.05) is 34.8 Å². The first kappa shape index (κ1) is 16.4. The molecule has 0 saturated heterocycles. The van der Waals surface area contributed by atoms with E-state index in [4.69, 9.17) is 45.3 Å². The number of benzene rings is 1. The zero-order valence-electron chi connectivity index (χ0n) is 10.2. The Labute approximate surface area is 127 Å². The van der Waals surface area contributed by atoms with Gasteiger partial charge in [-0.15, -0.1) is 0 Å². The molecule has 0 aromatic heterocycles. The fraction of sp³-hybridized carbons (Fsp3) is 0.417. The Balaban J connectivity index is 2.40. The van der Waals surface area contributed by atoms with E-state index in [9.17, 15) is 4.79 Å². The minimum Gasteiger partial charge on any atom is -0.482 e. The smallest absolute Gasteiger partial charge is 0.257 e. The first-order valence-electron chi connectivity index (χ1n) is 5.78. The van der Waals surface area contributed by atoms with Crippen LogP contribution in [0, 0.1) is 0 Å². The molecule has 0 unspecified atom stereocenters. The summed E-state index contributed by atoms with van der Waals surface area (Å²) in [7, 11) is 0. The Bertz CT molecular complexity index is 441. The quantitative estimate of drug-likeness (QED) is 0.598. The summed E-state index contributed by atoms with van der Waals surface area (Å²) in [5.74, 6) is 0.104. The average Bonchev–Trinajstić information content (AvgIpc) is 2.37. The van der Waals surface area contributed by atoms with Gasteiger partial charge in [0, 0.05) is 12.6 Å². The van der Waals surface area contributed by atoms with Crippen LogP contribution in [-0.2, 0) is 4.79 Å². The highest BCUT2D eigenvalue weighted by Gasteiger charge is 2.09. The molecule has 3 N–H and O–H groups in total. The molecule has 0 saturated carbocycles. The minimum atomic E-state index is -0.223. The molecule has 0 aliphatic rings. The predicted molar refractivity (Wildman–Crippen MR) is 78.3 cm³/mol. The molecule has 0 aliphatic carbocycles. The third kappa shape index (κ3) is 5.87. The second-order valence-corrected chi connectivity index (χ2v) is 5.05. The van der Waals surface area contributed by atoms with Gasteiger partial charge in [-0.2, -0.15) is 0 Å². The fourth-order valence-electron chi connectivity index (χ4n) is 1.31. The lowest BCUT2D eigenvalue weighted by molar-refractivity contribution is -0.123. The summed E-state index contributed by atoms with van der Waals surface area (Å²) in [5, 5.41) is 3.68. The van der Waals surface area contributed by atoms with Crippen LogP contribution in [0.1, 0.15) is 12.8 Å². The Morgan fingerprint density at radius 3 is 2.53 bits per heavy atom. The molecule has 1 aromatic rings. The van der Waals surface area contributed by atoms with Crippen molar-refractivity contribution in [2.75, 3.05) is 19.7 Å². The van der Waals surface area contributed by atoms with Gasteiger partial charge in [-0.3, -0.25) is 4.79 Å². The third-order valence-corrected chi connectivity index (χ3v) is 3.30. The van der Waals surface area contributed by atoms with E-state index < -0.39 is 0 Å². The Kier molecular flexibility index (Phi) is 7.31. The van der Waals surface area contributed by atoms with Crippen LogP contribution in [0.4, 0.5) is 0 Å². The zero-order valence-corrected chi connectivity index (χ0v) is 12.5. The van der Waals surface area contributed by atoms with E-state index >= 15 is 0 Å². The first-order valence-corrected chi connectivity index (χ1v) is 6.92. The molecule has 19 heavy (non-hydrogen) atoms. The normalized spacial score (nSPS) is 10.3. The van der Waals surface area contributed by atoms with Gasteiger partial charge in [-0.05, 0) is 25.5 Å². The van der Waals surface area contributed by atoms with E-state index in [1.807, 2.05) is 0 Å². The summed E-state index contributed by atoms with van der Waals surface area (Å²) < 4.78 is 5.28. The number of halogens is 3. The van der Waals surface area contributed by atoms with Gasteiger partial charge in [0.2, 0.25) is 0 Å². The maximum absolute atomic E-state index is 11.5. The molecule has 0 spiro atoms. The molecule has 1 rings (SSSR count). The maximum Gasteiger partial charge on any atom is 0.257 e. The van der Waals surface area contributed by atoms with E-state index in [0.717, 1.165) is 12.8 Å². The Hall–Kier alpha value is -0.680. The van der Waals surface area contributed by atoms with Gasteiger partial charge >= 0.3 is 0 Å². The Morgan fingerprint density at radius 1 is 1.16 bits per heavy atom. The molecule has 0 heterocycles. The van der Waals surface area contributed by atoms with Crippen LogP contribution < -0.4 is 15.8 Å². The molecule has 0 fully saturated rings. The van der Waals surface area contributed by atoms with Gasteiger partial charge in [0.25, 0.3) is 5.91 Å². The van der Waals surface area contributed by atoms with Crippen molar-refractivity contribution in [3.63, 3.8) is 0 Å². The highest BCUT2D eigenvalue weighted by atomic mass is 35.5. The summed E-state index contributed by atoms with van der Waals surface area (Å²) in [5.41, 5.74) is 5.35. The van der Waals surface area contributed by atoms with Crippen LogP contribution in [-0.4, -0.2) is 25.6 Å². The average molecular weight is 326 g/mol. The van der Waals surface area contributed by atoms with Gasteiger partial charge in [0.15, 0.2) is 6.61 Å². The van der Waals surface area contributed by atoms with Gasteiger partial charge in [0.1, 0.15) is 5.75 Å². The fourth-order valence-corrected chi connectivity index (χ4v) is 1.90. The lowest BCUT2D eigenvalue weighted by atomic mass is 10.3. The molecule has 0 aliphatic heterocycles. The monoisotopic (exact) mass is 324 g/mol. The van der Waals surface area contributed by atoms with Crippen molar-refractivity contribution >= 4 is 40.7 Å². The highest BCUT2D eigenvalue weighted by molar-refractivity contribution is 6.43. The minimum absolute atomic E-state index is 0.125. The second-order valence-electron chi connectivity index (χ2n) is 3.83. The van der Waals surface area contributed by atoms with Crippen LogP contribution in [0.25, 0.3) is 0 Å². The van der Waals surface area contributed by atoms with Crippen molar-refractivity contribution < 1.29 is 9.53 Å². The molecule has 0 bridgehead atoms. The van der Waals surface area contributed by atoms with Crippen LogP contribution >= 0.6 is 34.8 Å². The molecule has 106 valence electrons. The van der Waals surface area contributed by atoms with Crippen molar-refractivity contribution in [3.8, 4) is 5.75 Å². The third-order valence-electron chi connectivity index (χ3n) is 2.29. The molecule has 1 aromatic carbocycles. The number of carbonyl (C=O) groups excluding carboxylic acids is 1. The number of carbonyl (C=O) groups is 1. The van der Waals surface area contributed by atoms with Crippen molar-refractivity contribution in [3.05, 3.63) is 27.2 Å². The van der Waals surface area contributed by atoms with Crippen molar-refractivity contribution in [2.45, 2.75) is 12.8 Å². The SMILES string of the molecule is NCCCCNC(=O)COc1cc(Cl)c(Cl)cc1Cl. The summed E-state index contributed by atoms with van der Waals surface area (Å²) in [4.78, 5) is 11.5. The van der Waals surface area contributed by atoms with E-state index in [0.29, 0.717) is 33.9 Å². The standard InChI is InChI=1S/C12H15Cl3N2O2/c13-8-5-10(15)11(6-9(8)14)19-7-12(18)17-4-2-1-3-16/h5-6H,1-4,7,16H2,(H,17,18). The molecule has 7 heteroatoms. The van der Waals surface area contributed by atoms with E-state index in [-0.39, 0.29) is 12.5 Å². The Morgan fingerprint density at radius 2 is 1.84 bits per heavy atom. The summed E-state index contributed by atoms with van der Waals surface area (Å²) in [6.07, 6.45) is 1.72. The maximum atomic E-state index is 11.5. The van der Waals surface area contributed by atoms with Gasteiger partial charge in [-0.25, -0.2) is 0 Å². The summed E-state index contributed by atoms with van der Waals surface area (Å²) in [6, 6.07) is 2.95. The van der Waals surface area contributed by atoms with Gasteiger partial charge in [0.05, 0.1) is 15.1 Å². The number of ether oxygens (including phenoxy) is 1. The van der Waals surface area contributed by atoms with Crippen LogP contribution in [0.15, 0.2) is 12.1 Å². The second kappa shape index (κ2) is 8.48. The lowest BCUT2D eigenvalue weighted by Gasteiger charge is -2.09. The van der Waals surface area contributed by atoms with Crippen LogP contribution in [0.5, 0.6) is 5.75 Å². The van der Waals surface area contributed by atoms with Gasteiger partial charge < -0.3 is 15.8 Å². The van der Waals surface area contributed by atoms with E-state index in [2.05, 4.69) is 5.32 Å². The van der Waals surface area contributed by atoms with E-state index in [1.165, 1.54) is 12.1 Å². The predicted octanol–water partition coefficient (Wildman–Crippen LogP) is 2.88. The number of nitrogens with two attached hydrogens (primary N) is 1. The molecule has 0 radical (unpaired) electrons. The number of hydrogen-bond acceptors (Lipinski definition) is 3. The molecule has 0 atom stereocenters. The molecular weight excluding hydrogens is 311 g/mol. The number of amides is 1. The van der Waals surface area contributed by atoms with Crippen molar-refractivity contribution in [2.24, 2.45) is 5.73 Å². The van der Waals surface area contributed by atoms with E-state index in [1.54, 1.807) is 0 Å². The molecule has 1 amide bonds. The number of hydrogen-bond donors (Lipinski definition) is 2. The first-order chi connectivity index (χ1) is 9.04. The topological polar surface area (TPSA) is 64.3 Å². The van der Waals surface area contributed by atoms with Crippen molar-refractivity contribution in [1.29, 1.82) is 0 Å². The number of nitrogens with one attached hydrogen (secondary N) is 1. The summed E-state index contributed by atoms with van der Waals surface area (Å²) in [6.45, 7) is 1.07. The highest BCUT2D eigenvalue weighted by Crippen LogP contribution is 2.33. The molecule has 4 nitrogen and oxygen atoms in total. The lowest BCUT2D eigenvalue weighted by Crippen LogP contribution is -2.30.